The van der Waals surface area contributed by atoms with E-state index in [1.807, 2.05) is 0 Å². The number of hydrogen-bond donors (Lipinski definition) is 1. The summed E-state index contributed by atoms with van der Waals surface area (Å²) in [6.07, 6.45) is 0. The third kappa shape index (κ3) is 1.35. The molecule has 72 valence electrons. The lowest BCUT2D eigenvalue weighted by atomic mass is 10.3. The summed E-state index contributed by atoms with van der Waals surface area (Å²) in [5, 5.41) is 19.3. The van der Waals surface area contributed by atoms with Gasteiger partial charge in [0.2, 0.25) is 0 Å². The second-order valence-corrected chi connectivity index (χ2v) is 2.62. The number of tetrazole rings is 1. The summed E-state index contributed by atoms with van der Waals surface area (Å²) < 4.78 is 14.4. The molecule has 1 aromatic carbocycles. The van der Waals surface area contributed by atoms with E-state index in [2.05, 4.69) is 15.5 Å². The number of hydrogen-bond acceptors (Lipinski definition) is 4. The molecule has 0 fully saturated rings. The van der Waals surface area contributed by atoms with Crippen LogP contribution in [0.5, 0.6) is 0 Å². The van der Waals surface area contributed by atoms with Gasteiger partial charge in [-0.1, -0.05) is 12.1 Å². The predicted octanol–water partition coefficient (Wildman–Crippen LogP) is 0.294. The largest absolute Gasteiger partial charge is 0.388 e. The van der Waals surface area contributed by atoms with Crippen LogP contribution in [-0.2, 0) is 6.61 Å². The van der Waals surface area contributed by atoms with Gasteiger partial charge in [-0.15, -0.1) is 5.10 Å². The molecular formula is C8H7FN4O. The Morgan fingerprint density at radius 3 is 2.86 bits per heavy atom. The maximum atomic E-state index is 13.3. The van der Waals surface area contributed by atoms with E-state index in [9.17, 15) is 4.39 Å². The number of aliphatic hydroxyl groups is 1. The van der Waals surface area contributed by atoms with Crippen LogP contribution in [0, 0.1) is 5.82 Å². The molecule has 0 saturated carbocycles. The van der Waals surface area contributed by atoms with Crippen LogP contribution in [0.1, 0.15) is 5.82 Å². The Hall–Kier alpha value is -1.82. The van der Waals surface area contributed by atoms with Crippen molar-refractivity contribution in [1.82, 2.24) is 20.2 Å². The van der Waals surface area contributed by atoms with E-state index >= 15 is 0 Å². The lowest BCUT2D eigenvalue weighted by molar-refractivity contribution is 0.267. The van der Waals surface area contributed by atoms with E-state index in [0.29, 0.717) is 0 Å². The Kier molecular flexibility index (Phi) is 2.19. The van der Waals surface area contributed by atoms with Gasteiger partial charge in [-0.2, -0.15) is 4.68 Å². The quantitative estimate of drug-likeness (QED) is 0.746. The lowest BCUT2D eigenvalue weighted by Crippen LogP contribution is -2.04. The highest BCUT2D eigenvalue weighted by molar-refractivity contribution is 5.32. The zero-order valence-electron chi connectivity index (χ0n) is 7.13. The van der Waals surface area contributed by atoms with Crippen molar-refractivity contribution in [3.8, 4) is 5.69 Å². The van der Waals surface area contributed by atoms with Gasteiger partial charge >= 0.3 is 0 Å². The first-order chi connectivity index (χ1) is 6.83. The molecular weight excluding hydrogens is 187 g/mol. The summed E-state index contributed by atoms with van der Waals surface area (Å²) in [6.45, 7) is -0.332. The molecule has 0 aliphatic rings. The van der Waals surface area contributed by atoms with Crippen molar-refractivity contribution in [3.63, 3.8) is 0 Å². The molecule has 0 bridgehead atoms. The van der Waals surface area contributed by atoms with Crippen molar-refractivity contribution in [1.29, 1.82) is 0 Å². The van der Waals surface area contributed by atoms with Gasteiger partial charge in [0.1, 0.15) is 18.1 Å². The first-order valence-electron chi connectivity index (χ1n) is 3.96. The Morgan fingerprint density at radius 2 is 2.14 bits per heavy atom. The average molecular weight is 194 g/mol. The number of rotatable bonds is 2. The number of halogens is 1. The number of aromatic nitrogens is 4. The average Bonchev–Trinajstić information content (AvgIpc) is 2.66. The third-order valence-electron chi connectivity index (χ3n) is 1.76. The van der Waals surface area contributed by atoms with E-state index in [1.165, 1.54) is 12.1 Å². The third-order valence-corrected chi connectivity index (χ3v) is 1.76. The number of para-hydroxylation sites is 1. The summed E-state index contributed by atoms with van der Waals surface area (Å²) in [5.41, 5.74) is 0.224. The van der Waals surface area contributed by atoms with Gasteiger partial charge in [0, 0.05) is 0 Å². The summed E-state index contributed by atoms with van der Waals surface area (Å²) >= 11 is 0. The minimum Gasteiger partial charge on any atom is -0.388 e. The second-order valence-electron chi connectivity index (χ2n) is 2.62. The first-order valence-corrected chi connectivity index (χ1v) is 3.96. The summed E-state index contributed by atoms with van der Waals surface area (Å²) in [7, 11) is 0. The van der Waals surface area contributed by atoms with Crippen LogP contribution in [0.2, 0.25) is 0 Å². The molecule has 0 saturated heterocycles. The molecule has 2 rings (SSSR count). The van der Waals surface area contributed by atoms with E-state index in [4.69, 9.17) is 5.11 Å². The van der Waals surface area contributed by atoms with Crippen molar-refractivity contribution in [2.75, 3.05) is 0 Å². The smallest absolute Gasteiger partial charge is 0.182 e. The molecule has 14 heavy (non-hydrogen) atoms. The van der Waals surface area contributed by atoms with Crippen LogP contribution >= 0.6 is 0 Å². The molecule has 1 aromatic heterocycles. The Morgan fingerprint density at radius 1 is 1.36 bits per heavy atom. The van der Waals surface area contributed by atoms with Crippen molar-refractivity contribution < 1.29 is 9.50 Å². The fraction of sp³-hybridized carbons (Fsp3) is 0.125. The maximum absolute atomic E-state index is 13.3. The summed E-state index contributed by atoms with van der Waals surface area (Å²) in [5.74, 6) is -0.232. The van der Waals surface area contributed by atoms with Crippen molar-refractivity contribution in [2.24, 2.45) is 0 Å². The van der Waals surface area contributed by atoms with Gasteiger partial charge in [0.15, 0.2) is 5.82 Å². The normalized spacial score (nSPS) is 10.4. The Balaban J connectivity index is 2.54. The number of nitrogens with zero attached hydrogens (tertiary/aromatic N) is 4. The molecule has 0 aliphatic heterocycles. The fourth-order valence-electron chi connectivity index (χ4n) is 1.11. The number of aliphatic hydroxyl groups excluding tert-OH is 1. The predicted molar refractivity (Wildman–Crippen MR) is 45.0 cm³/mol. The molecule has 1 heterocycles. The highest BCUT2D eigenvalue weighted by Gasteiger charge is 2.09. The van der Waals surface area contributed by atoms with E-state index < -0.39 is 5.82 Å². The van der Waals surface area contributed by atoms with Crippen LogP contribution in [-0.4, -0.2) is 25.3 Å². The molecule has 0 atom stereocenters. The van der Waals surface area contributed by atoms with Crippen LogP contribution < -0.4 is 0 Å². The lowest BCUT2D eigenvalue weighted by Gasteiger charge is -2.02. The van der Waals surface area contributed by atoms with Crippen LogP contribution in [0.15, 0.2) is 24.3 Å². The minimum absolute atomic E-state index is 0.204. The molecule has 0 spiro atoms. The van der Waals surface area contributed by atoms with Gasteiger partial charge in [-0.3, -0.25) is 0 Å². The molecule has 0 aliphatic carbocycles. The zero-order valence-corrected chi connectivity index (χ0v) is 7.13. The molecule has 0 radical (unpaired) electrons. The topological polar surface area (TPSA) is 63.8 Å². The van der Waals surface area contributed by atoms with Crippen LogP contribution in [0.4, 0.5) is 4.39 Å². The van der Waals surface area contributed by atoms with Crippen molar-refractivity contribution in [2.45, 2.75) is 6.61 Å². The minimum atomic E-state index is -0.436. The Bertz CT molecular complexity index is 442. The summed E-state index contributed by atoms with van der Waals surface area (Å²) in [4.78, 5) is 0. The van der Waals surface area contributed by atoms with Gasteiger partial charge in [-0.25, -0.2) is 4.39 Å². The Labute approximate surface area is 78.8 Å². The fourth-order valence-corrected chi connectivity index (χ4v) is 1.11. The van der Waals surface area contributed by atoms with E-state index in [0.717, 1.165) is 4.68 Å². The maximum Gasteiger partial charge on any atom is 0.182 e. The van der Waals surface area contributed by atoms with E-state index in [-0.39, 0.29) is 18.1 Å². The monoisotopic (exact) mass is 194 g/mol. The van der Waals surface area contributed by atoms with Crippen molar-refractivity contribution in [3.05, 3.63) is 35.9 Å². The zero-order chi connectivity index (χ0) is 9.97. The molecule has 5 nitrogen and oxygen atoms in total. The van der Waals surface area contributed by atoms with Gasteiger partial charge in [0.05, 0.1) is 0 Å². The van der Waals surface area contributed by atoms with Crippen LogP contribution in [0.3, 0.4) is 0 Å². The highest BCUT2D eigenvalue weighted by atomic mass is 19.1. The SMILES string of the molecule is OCc1nnnn1-c1ccccc1F. The first kappa shape index (κ1) is 8.76. The molecule has 1 N–H and O–H groups in total. The molecule has 0 unspecified atom stereocenters. The standard InChI is InChI=1S/C8H7FN4O/c9-6-3-1-2-4-7(6)13-8(5-14)10-11-12-13/h1-4,14H,5H2. The van der Waals surface area contributed by atoms with Gasteiger partial charge in [-0.05, 0) is 22.6 Å². The molecule has 2 aromatic rings. The molecule has 6 heteroatoms. The molecule has 0 amide bonds. The van der Waals surface area contributed by atoms with Gasteiger partial charge < -0.3 is 5.11 Å². The van der Waals surface area contributed by atoms with Crippen molar-refractivity contribution >= 4 is 0 Å². The van der Waals surface area contributed by atoms with Gasteiger partial charge in [0.25, 0.3) is 0 Å². The highest BCUT2D eigenvalue weighted by Crippen LogP contribution is 2.11. The number of benzene rings is 1. The second kappa shape index (κ2) is 3.51. The summed E-state index contributed by atoms with van der Waals surface area (Å²) in [6, 6.07) is 6.08. The van der Waals surface area contributed by atoms with E-state index in [1.54, 1.807) is 12.1 Å². The van der Waals surface area contributed by atoms with Crippen LogP contribution in [0.25, 0.3) is 5.69 Å².